The number of hydrogen-bond donors (Lipinski definition) is 1. The van der Waals surface area contributed by atoms with E-state index in [1.54, 1.807) is 12.1 Å². The van der Waals surface area contributed by atoms with Gasteiger partial charge in [-0.1, -0.05) is 0 Å². The highest BCUT2D eigenvalue weighted by Gasteiger charge is 2.37. The van der Waals surface area contributed by atoms with Crippen molar-refractivity contribution < 1.29 is 35.8 Å². The SMILES string of the molecule is COc1cc(/C=N/Nc2nc(-c3cc(C(F)(F)F)cc(C(F)(F)F)c3)cs2)cc(Br)c1OC. The van der Waals surface area contributed by atoms with Crippen LogP contribution in [0.5, 0.6) is 11.5 Å². The van der Waals surface area contributed by atoms with Crippen molar-refractivity contribution in [3.63, 3.8) is 0 Å². The summed E-state index contributed by atoms with van der Waals surface area (Å²) in [5, 5.41) is 5.51. The third-order valence-electron chi connectivity index (χ3n) is 4.22. The average molecular weight is 554 g/mol. The molecule has 0 amide bonds. The van der Waals surface area contributed by atoms with Crippen molar-refractivity contribution in [1.29, 1.82) is 0 Å². The topological polar surface area (TPSA) is 55.7 Å². The summed E-state index contributed by atoms with van der Waals surface area (Å²) < 4.78 is 89.5. The molecule has 0 spiro atoms. The summed E-state index contributed by atoms with van der Waals surface area (Å²) in [5.74, 6) is 0.946. The Balaban J connectivity index is 1.84. The number of thiazole rings is 1. The summed E-state index contributed by atoms with van der Waals surface area (Å²) in [6, 6.07) is 4.68. The van der Waals surface area contributed by atoms with Crippen LogP contribution in [0.15, 0.2) is 45.3 Å². The maximum Gasteiger partial charge on any atom is 0.416 e. The van der Waals surface area contributed by atoms with Gasteiger partial charge in [-0.2, -0.15) is 31.4 Å². The van der Waals surface area contributed by atoms with Crippen LogP contribution < -0.4 is 14.9 Å². The van der Waals surface area contributed by atoms with Crippen LogP contribution in [0.25, 0.3) is 11.3 Å². The van der Waals surface area contributed by atoms with E-state index >= 15 is 0 Å². The normalized spacial score (nSPS) is 12.3. The van der Waals surface area contributed by atoms with Crippen molar-refractivity contribution in [1.82, 2.24) is 4.98 Å². The lowest BCUT2D eigenvalue weighted by Crippen LogP contribution is -2.11. The molecule has 0 aliphatic carbocycles. The quantitative estimate of drug-likeness (QED) is 0.201. The Morgan fingerprint density at radius 3 is 2.15 bits per heavy atom. The Morgan fingerprint density at radius 2 is 1.61 bits per heavy atom. The number of ether oxygens (including phenoxy) is 2. The molecule has 3 aromatic rings. The Hall–Kier alpha value is -2.80. The van der Waals surface area contributed by atoms with Crippen molar-refractivity contribution in [2.24, 2.45) is 5.10 Å². The highest BCUT2D eigenvalue weighted by Crippen LogP contribution is 2.39. The van der Waals surface area contributed by atoms with Crippen molar-refractivity contribution in [2.45, 2.75) is 12.4 Å². The Kier molecular flexibility index (Phi) is 7.22. The van der Waals surface area contributed by atoms with E-state index in [4.69, 9.17) is 9.47 Å². The molecule has 1 aromatic heterocycles. The van der Waals surface area contributed by atoms with E-state index in [0.717, 1.165) is 11.3 Å². The molecule has 0 fully saturated rings. The lowest BCUT2D eigenvalue weighted by atomic mass is 10.0. The maximum absolute atomic E-state index is 13.1. The van der Waals surface area contributed by atoms with Crippen molar-refractivity contribution in [3.8, 4) is 22.8 Å². The highest BCUT2D eigenvalue weighted by molar-refractivity contribution is 9.10. The number of rotatable bonds is 6. The second-order valence-corrected chi connectivity index (χ2v) is 8.15. The molecular formula is C20H14BrF6N3O2S. The summed E-state index contributed by atoms with van der Waals surface area (Å²) in [7, 11) is 2.96. The van der Waals surface area contributed by atoms with Gasteiger partial charge in [0.05, 0.1) is 41.7 Å². The van der Waals surface area contributed by atoms with Crippen molar-refractivity contribution >= 4 is 38.6 Å². The summed E-state index contributed by atoms with van der Waals surface area (Å²) in [5.41, 5.74) is 0.0412. The smallest absolute Gasteiger partial charge is 0.416 e. The molecule has 33 heavy (non-hydrogen) atoms. The number of nitrogens with zero attached hydrogens (tertiary/aromatic N) is 2. The lowest BCUT2D eigenvalue weighted by molar-refractivity contribution is -0.143. The van der Waals surface area contributed by atoms with Gasteiger partial charge >= 0.3 is 12.4 Å². The molecule has 1 N–H and O–H groups in total. The summed E-state index contributed by atoms with van der Waals surface area (Å²) in [4.78, 5) is 4.04. The third kappa shape index (κ3) is 5.96. The van der Waals surface area contributed by atoms with Gasteiger partial charge in [0, 0.05) is 10.9 Å². The van der Waals surface area contributed by atoms with E-state index in [1.807, 2.05) is 0 Å². The molecule has 0 saturated heterocycles. The largest absolute Gasteiger partial charge is 0.493 e. The number of benzene rings is 2. The lowest BCUT2D eigenvalue weighted by Gasteiger charge is -2.13. The third-order valence-corrected chi connectivity index (χ3v) is 5.55. The fourth-order valence-corrected chi connectivity index (χ4v) is 4.03. The second-order valence-electron chi connectivity index (χ2n) is 6.44. The zero-order chi connectivity index (χ0) is 24.4. The fourth-order valence-electron chi connectivity index (χ4n) is 2.73. The minimum absolute atomic E-state index is 0.0526. The minimum atomic E-state index is -4.94. The molecule has 3 rings (SSSR count). The number of methoxy groups -OCH3 is 2. The zero-order valence-corrected chi connectivity index (χ0v) is 19.2. The van der Waals surface area contributed by atoms with E-state index in [0.29, 0.717) is 33.7 Å². The average Bonchev–Trinajstić information content (AvgIpc) is 3.20. The van der Waals surface area contributed by atoms with Crippen LogP contribution in [0.1, 0.15) is 16.7 Å². The van der Waals surface area contributed by atoms with Crippen LogP contribution in [0.3, 0.4) is 0 Å². The van der Waals surface area contributed by atoms with E-state index in [9.17, 15) is 26.3 Å². The Morgan fingerprint density at radius 1 is 0.970 bits per heavy atom. The van der Waals surface area contributed by atoms with Gasteiger partial charge in [0.2, 0.25) is 5.13 Å². The van der Waals surface area contributed by atoms with Gasteiger partial charge in [0.1, 0.15) is 0 Å². The van der Waals surface area contributed by atoms with Crippen LogP contribution in [-0.2, 0) is 12.4 Å². The van der Waals surface area contributed by atoms with Gasteiger partial charge in [-0.05, 0) is 51.8 Å². The highest BCUT2D eigenvalue weighted by atomic mass is 79.9. The molecule has 0 bridgehead atoms. The van der Waals surface area contributed by atoms with Gasteiger partial charge in [0.25, 0.3) is 0 Å². The molecule has 0 aliphatic heterocycles. The second kappa shape index (κ2) is 9.59. The molecule has 13 heteroatoms. The van der Waals surface area contributed by atoms with Crippen molar-refractivity contribution in [3.05, 3.63) is 56.9 Å². The van der Waals surface area contributed by atoms with Crippen LogP contribution in [0.2, 0.25) is 0 Å². The standard InChI is InChI=1S/C20H14BrF6N3O2S/c1-31-16-4-10(3-14(21)17(16)32-2)8-28-30-18-29-15(9-33-18)11-5-12(19(22,23)24)7-13(6-11)20(25,26)27/h3-9H,1-2H3,(H,29,30)/b28-8+. The molecule has 0 unspecified atom stereocenters. The number of hydrogen-bond acceptors (Lipinski definition) is 6. The first kappa shape index (κ1) is 24.8. The first-order valence-corrected chi connectivity index (χ1v) is 10.6. The number of nitrogens with one attached hydrogen (secondary N) is 1. The molecule has 0 aliphatic rings. The van der Waals surface area contributed by atoms with E-state index in [1.165, 1.54) is 25.8 Å². The first-order chi connectivity index (χ1) is 15.4. The summed E-state index contributed by atoms with van der Waals surface area (Å²) in [6.45, 7) is 0. The van der Waals surface area contributed by atoms with E-state index in [2.05, 4.69) is 31.4 Å². The minimum Gasteiger partial charge on any atom is -0.493 e. The Bertz CT molecular complexity index is 1150. The predicted octanol–water partition coefficient (Wildman–Crippen LogP) is 7.07. The van der Waals surface area contributed by atoms with Crippen LogP contribution >= 0.6 is 27.3 Å². The maximum atomic E-state index is 13.1. The molecule has 0 saturated carbocycles. The first-order valence-electron chi connectivity index (χ1n) is 8.88. The van der Waals surface area contributed by atoms with Gasteiger partial charge in [-0.15, -0.1) is 11.3 Å². The summed E-state index contributed by atoms with van der Waals surface area (Å²) in [6.07, 6.45) is -8.45. The van der Waals surface area contributed by atoms with Crippen LogP contribution in [-0.4, -0.2) is 25.4 Å². The monoisotopic (exact) mass is 553 g/mol. The number of alkyl halides is 6. The molecule has 0 atom stereocenters. The van der Waals surface area contributed by atoms with Crippen LogP contribution in [0.4, 0.5) is 31.5 Å². The number of anilines is 1. The number of halogens is 7. The Labute approximate surface area is 196 Å². The van der Waals surface area contributed by atoms with Gasteiger partial charge in [-0.3, -0.25) is 5.43 Å². The molecular weight excluding hydrogens is 540 g/mol. The number of aromatic nitrogens is 1. The fraction of sp³-hybridized carbons (Fsp3) is 0.200. The molecule has 0 radical (unpaired) electrons. The molecule has 2 aromatic carbocycles. The molecule has 1 heterocycles. The predicted molar refractivity (Wildman–Crippen MR) is 116 cm³/mol. The van der Waals surface area contributed by atoms with E-state index < -0.39 is 23.5 Å². The van der Waals surface area contributed by atoms with E-state index in [-0.39, 0.29) is 22.5 Å². The van der Waals surface area contributed by atoms with Gasteiger partial charge < -0.3 is 9.47 Å². The zero-order valence-electron chi connectivity index (χ0n) is 16.8. The van der Waals surface area contributed by atoms with Gasteiger partial charge in [-0.25, -0.2) is 4.98 Å². The molecule has 176 valence electrons. The number of hydrazone groups is 1. The van der Waals surface area contributed by atoms with Crippen LogP contribution in [0, 0.1) is 0 Å². The summed E-state index contributed by atoms with van der Waals surface area (Å²) >= 11 is 4.32. The van der Waals surface area contributed by atoms with Gasteiger partial charge in [0.15, 0.2) is 11.5 Å². The van der Waals surface area contributed by atoms with Crippen molar-refractivity contribution in [2.75, 3.05) is 19.6 Å². The molecule has 5 nitrogen and oxygen atoms in total.